The normalized spacial score (nSPS) is 21.8. The van der Waals surface area contributed by atoms with Crippen molar-refractivity contribution in [3.05, 3.63) is 30.1 Å². The largest absolute Gasteiger partial charge is 0.385 e. The maximum absolute atomic E-state index is 5.13. The average molecular weight is 227 g/mol. The molecule has 1 aromatic rings. The first-order valence-electron chi connectivity index (χ1n) is 3.65. The molecule has 0 aliphatic carbocycles. The smallest absolute Gasteiger partial charge is 0.175 e. The number of pyridine rings is 1. The summed E-state index contributed by atoms with van der Waals surface area (Å²) in [6.07, 6.45) is 2.52. The quantitative estimate of drug-likeness (QED) is 0.737. The van der Waals surface area contributed by atoms with Crippen LogP contribution in [0.15, 0.2) is 29.6 Å². The summed E-state index contributed by atoms with van der Waals surface area (Å²) in [7, 11) is 0. The number of hydrogen-bond donors (Lipinski definition) is 0. The highest BCUT2D eigenvalue weighted by atomic mass is 79.9. The van der Waals surface area contributed by atoms with Gasteiger partial charge in [-0.25, -0.2) is 0 Å². The minimum absolute atomic E-state index is 0.0134. The predicted molar refractivity (Wildman–Crippen MR) is 49.0 cm³/mol. The molecular weight excluding hydrogens is 220 g/mol. The van der Waals surface area contributed by atoms with E-state index >= 15 is 0 Å². The molecule has 1 aliphatic heterocycles. The van der Waals surface area contributed by atoms with Crippen molar-refractivity contribution in [3.8, 4) is 0 Å². The Morgan fingerprint density at radius 1 is 1.50 bits per heavy atom. The number of rotatable bonds is 1. The molecule has 1 atom stereocenters. The maximum Gasteiger partial charge on any atom is 0.175 e. The summed E-state index contributed by atoms with van der Waals surface area (Å²) in [6.45, 7) is 0. The molecule has 0 saturated carbocycles. The lowest BCUT2D eigenvalue weighted by molar-refractivity contribution is 0.0826. The van der Waals surface area contributed by atoms with Crippen LogP contribution in [0, 0.1) is 0 Å². The zero-order chi connectivity index (χ0) is 8.39. The third-order valence-corrected chi connectivity index (χ3v) is 2.12. The van der Waals surface area contributed by atoms with E-state index in [4.69, 9.17) is 4.84 Å². The predicted octanol–water partition coefficient (Wildman–Crippen LogP) is 2.25. The fourth-order valence-corrected chi connectivity index (χ4v) is 1.45. The maximum atomic E-state index is 5.13. The fraction of sp³-hybridized carbons (Fsp3) is 0.250. The molecule has 0 radical (unpaired) electrons. The number of halogens is 1. The summed E-state index contributed by atoms with van der Waals surface area (Å²) in [5.74, 6) is 0. The van der Waals surface area contributed by atoms with Gasteiger partial charge in [-0.05, 0) is 28.1 Å². The molecule has 0 N–H and O–H groups in total. The van der Waals surface area contributed by atoms with Gasteiger partial charge in [0.05, 0.1) is 5.69 Å². The molecule has 0 amide bonds. The third-order valence-electron chi connectivity index (χ3n) is 1.65. The summed E-state index contributed by atoms with van der Waals surface area (Å²) in [6, 6.07) is 5.76. The fourth-order valence-electron chi connectivity index (χ4n) is 1.07. The molecule has 1 aromatic heterocycles. The second-order valence-electron chi connectivity index (χ2n) is 2.52. The second-order valence-corrected chi connectivity index (χ2v) is 3.44. The standard InChI is InChI=1S/C8H7BrN2O/c9-8-5-7(12-11-8)6-3-1-2-4-10-6/h1-4,7H,5H2/t7-/m0/s1. The first kappa shape index (κ1) is 7.73. The van der Waals surface area contributed by atoms with E-state index in [2.05, 4.69) is 26.1 Å². The molecular formula is C8H7BrN2O. The molecule has 0 spiro atoms. The minimum atomic E-state index is -0.0134. The van der Waals surface area contributed by atoms with Gasteiger partial charge in [0.15, 0.2) is 6.10 Å². The molecule has 0 bridgehead atoms. The van der Waals surface area contributed by atoms with Gasteiger partial charge in [0.1, 0.15) is 4.62 Å². The van der Waals surface area contributed by atoms with Crippen LogP contribution in [0.5, 0.6) is 0 Å². The van der Waals surface area contributed by atoms with E-state index in [1.54, 1.807) is 6.20 Å². The molecule has 2 heterocycles. The Labute approximate surface area is 78.6 Å². The molecule has 3 nitrogen and oxygen atoms in total. The molecule has 12 heavy (non-hydrogen) atoms. The van der Waals surface area contributed by atoms with Gasteiger partial charge in [-0.1, -0.05) is 11.2 Å². The van der Waals surface area contributed by atoms with Gasteiger partial charge >= 0.3 is 0 Å². The van der Waals surface area contributed by atoms with Crippen molar-refractivity contribution < 1.29 is 4.84 Å². The monoisotopic (exact) mass is 226 g/mol. The number of nitrogens with zero attached hydrogens (tertiary/aromatic N) is 2. The van der Waals surface area contributed by atoms with Crippen molar-refractivity contribution >= 4 is 20.6 Å². The van der Waals surface area contributed by atoms with Gasteiger partial charge < -0.3 is 4.84 Å². The number of hydrogen-bond acceptors (Lipinski definition) is 3. The van der Waals surface area contributed by atoms with Crippen LogP contribution in [0.25, 0.3) is 0 Å². The second kappa shape index (κ2) is 3.23. The summed E-state index contributed by atoms with van der Waals surface area (Å²) < 4.78 is 0.846. The van der Waals surface area contributed by atoms with E-state index in [9.17, 15) is 0 Å². The van der Waals surface area contributed by atoms with Crippen LogP contribution in [0.4, 0.5) is 0 Å². The first-order valence-corrected chi connectivity index (χ1v) is 4.44. The molecule has 0 saturated heterocycles. The van der Waals surface area contributed by atoms with Crippen LogP contribution in [0.3, 0.4) is 0 Å². The molecule has 2 rings (SSSR count). The van der Waals surface area contributed by atoms with Crippen LogP contribution in [0.2, 0.25) is 0 Å². The van der Waals surface area contributed by atoms with Crippen molar-refractivity contribution in [3.63, 3.8) is 0 Å². The minimum Gasteiger partial charge on any atom is -0.385 e. The van der Waals surface area contributed by atoms with Crippen LogP contribution in [-0.4, -0.2) is 9.60 Å². The van der Waals surface area contributed by atoms with E-state index in [-0.39, 0.29) is 6.10 Å². The molecule has 4 heteroatoms. The Bertz CT molecular complexity index is 299. The topological polar surface area (TPSA) is 34.5 Å². The Morgan fingerprint density at radius 2 is 2.42 bits per heavy atom. The SMILES string of the molecule is BrC1=NO[C@H](c2ccccn2)C1. The lowest BCUT2D eigenvalue weighted by Crippen LogP contribution is -1.98. The summed E-state index contributed by atoms with van der Waals surface area (Å²) in [5, 5.41) is 3.79. The van der Waals surface area contributed by atoms with Crippen molar-refractivity contribution in [2.75, 3.05) is 0 Å². The summed E-state index contributed by atoms with van der Waals surface area (Å²) >= 11 is 3.27. The van der Waals surface area contributed by atoms with E-state index in [0.29, 0.717) is 0 Å². The highest BCUT2D eigenvalue weighted by Crippen LogP contribution is 2.26. The number of aromatic nitrogens is 1. The van der Waals surface area contributed by atoms with Gasteiger partial charge in [0.25, 0.3) is 0 Å². The lowest BCUT2D eigenvalue weighted by Gasteiger charge is -2.05. The van der Waals surface area contributed by atoms with E-state index in [1.165, 1.54) is 0 Å². The lowest BCUT2D eigenvalue weighted by atomic mass is 10.2. The van der Waals surface area contributed by atoms with E-state index in [1.807, 2.05) is 18.2 Å². The van der Waals surface area contributed by atoms with Crippen molar-refractivity contribution in [1.82, 2.24) is 4.98 Å². The molecule has 0 unspecified atom stereocenters. The Morgan fingerprint density at radius 3 is 3.00 bits per heavy atom. The van der Waals surface area contributed by atoms with Crippen LogP contribution < -0.4 is 0 Å². The first-order chi connectivity index (χ1) is 5.86. The third kappa shape index (κ3) is 1.48. The highest BCUT2D eigenvalue weighted by Gasteiger charge is 2.21. The van der Waals surface area contributed by atoms with Gasteiger partial charge in [-0.15, -0.1) is 0 Å². The van der Waals surface area contributed by atoms with Crippen LogP contribution >= 0.6 is 15.9 Å². The zero-order valence-electron chi connectivity index (χ0n) is 6.27. The van der Waals surface area contributed by atoms with Gasteiger partial charge in [-0.2, -0.15) is 0 Å². The van der Waals surface area contributed by atoms with E-state index < -0.39 is 0 Å². The van der Waals surface area contributed by atoms with Gasteiger partial charge in [-0.3, -0.25) is 4.98 Å². The Hall–Kier alpha value is -0.900. The van der Waals surface area contributed by atoms with Crippen LogP contribution in [0.1, 0.15) is 18.2 Å². The summed E-state index contributed by atoms with van der Waals surface area (Å²) in [5.41, 5.74) is 0.927. The van der Waals surface area contributed by atoms with Crippen molar-refractivity contribution in [2.45, 2.75) is 12.5 Å². The van der Waals surface area contributed by atoms with E-state index in [0.717, 1.165) is 16.7 Å². The van der Waals surface area contributed by atoms with Crippen molar-refractivity contribution in [2.24, 2.45) is 5.16 Å². The Balaban J connectivity index is 2.14. The molecule has 0 aromatic carbocycles. The van der Waals surface area contributed by atoms with Gasteiger partial charge in [0.2, 0.25) is 0 Å². The average Bonchev–Trinajstić information content (AvgIpc) is 2.54. The van der Waals surface area contributed by atoms with Crippen LogP contribution in [-0.2, 0) is 4.84 Å². The van der Waals surface area contributed by atoms with Gasteiger partial charge in [0, 0.05) is 12.6 Å². The molecule has 1 aliphatic rings. The number of oxime groups is 1. The van der Waals surface area contributed by atoms with Crippen molar-refractivity contribution in [1.29, 1.82) is 0 Å². The highest BCUT2D eigenvalue weighted by molar-refractivity contribution is 9.18. The Kier molecular flexibility index (Phi) is 2.08. The zero-order valence-corrected chi connectivity index (χ0v) is 7.86. The molecule has 0 fully saturated rings. The summed E-state index contributed by atoms with van der Waals surface area (Å²) in [4.78, 5) is 9.31. The molecule has 62 valence electrons.